The number of aryl methyl sites for hydroxylation is 2. The zero-order valence-electron chi connectivity index (χ0n) is 18.9. The maximum absolute atomic E-state index is 13.0. The van der Waals surface area contributed by atoms with Gasteiger partial charge in [-0.25, -0.2) is 4.98 Å². The molecule has 32 heavy (non-hydrogen) atoms. The number of imidazole rings is 1. The number of rotatable bonds is 2. The maximum atomic E-state index is 13.0. The number of hydrogen-bond donors (Lipinski definition) is 3. The number of nitrogens with two attached hydrogens (primary N) is 2. The SMILES string of the molecule is CN(C)C(=N)N=C(N)N.Cc1nccn1CC1CCc2c(c3ccccc3n2C)C1=O.Cl. The van der Waals surface area contributed by atoms with Crippen molar-refractivity contribution in [3.63, 3.8) is 0 Å². The molecule has 1 atom stereocenters. The number of benzene rings is 1. The van der Waals surface area contributed by atoms with Gasteiger partial charge >= 0.3 is 0 Å². The molecule has 0 aliphatic heterocycles. The summed E-state index contributed by atoms with van der Waals surface area (Å²) in [7, 11) is 5.44. The number of hydrogen-bond acceptors (Lipinski definition) is 3. The summed E-state index contributed by atoms with van der Waals surface area (Å²) in [6.07, 6.45) is 5.63. The van der Waals surface area contributed by atoms with Crippen molar-refractivity contribution in [2.45, 2.75) is 26.3 Å². The predicted molar refractivity (Wildman–Crippen MR) is 130 cm³/mol. The van der Waals surface area contributed by atoms with E-state index in [0.717, 1.165) is 41.7 Å². The smallest absolute Gasteiger partial charge is 0.220 e. The summed E-state index contributed by atoms with van der Waals surface area (Å²) in [5, 5.41) is 8.15. The molecule has 0 saturated heterocycles. The van der Waals surface area contributed by atoms with Crippen LogP contribution in [0.5, 0.6) is 0 Å². The molecule has 2 heterocycles. The predicted octanol–water partition coefficient (Wildman–Crippen LogP) is 2.31. The zero-order valence-corrected chi connectivity index (χ0v) is 19.7. The lowest BCUT2D eigenvalue weighted by molar-refractivity contribution is 0.0888. The van der Waals surface area contributed by atoms with E-state index in [-0.39, 0.29) is 36.0 Å². The van der Waals surface area contributed by atoms with Crippen LogP contribution in [0.15, 0.2) is 41.7 Å². The number of nitrogens with zero attached hydrogens (tertiary/aromatic N) is 5. The van der Waals surface area contributed by atoms with Crippen molar-refractivity contribution in [1.82, 2.24) is 19.0 Å². The molecule has 0 bridgehead atoms. The van der Waals surface area contributed by atoms with Crippen molar-refractivity contribution in [3.8, 4) is 0 Å². The molecule has 172 valence electrons. The number of halogens is 1. The van der Waals surface area contributed by atoms with Crippen molar-refractivity contribution >= 4 is 41.0 Å². The van der Waals surface area contributed by atoms with E-state index in [1.54, 1.807) is 20.3 Å². The Bertz CT molecular complexity index is 1140. The van der Waals surface area contributed by atoms with E-state index in [9.17, 15) is 4.79 Å². The molecule has 0 saturated carbocycles. The molecule has 1 unspecified atom stereocenters. The fourth-order valence-corrected chi connectivity index (χ4v) is 3.89. The average Bonchev–Trinajstić information content (AvgIpc) is 3.25. The molecule has 9 nitrogen and oxygen atoms in total. The fourth-order valence-electron chi connectivity index (χ4n) is 3.89. The van der Waals surface area contributed by atoms with Crippen LogP contribution in [0.1, 0.15) is 28.3 Å². The van der Waals surface area contributed by atoms with E-state index in [1.807, 2.05) is 25.3 Å². The first-order chi connectivity index (χ1) is 14.7. The molecular weight excluding hydrogens is 428 g/mol. The van der Waals surface area contributed by atoms with Crippen LogP contribution in [-0.2, 0) is 20.0 Å². The third-order valence-electron chi connectivity index (χ3n) is 5.57. The molecular formula is C22H31ClN8O. The Labute approximate surface area is 194 Å². The van der Waals surface area contributed by atoms with Gasteiger partial charge in [0, 0.05) is 68.2 Å². The second-order valence-corrected chi connectivity index (χ2v) is 7.88. The highest BCUT2D eigenvalue weighted by molar-refractivity contribution is 6.11. The van der Waals surface area contributed by atoms with Gasteiger partial charge < -0.3 is 25.5 Å². The highest BCUT2D eigenvalue weighted by Gasteiger charge is 2.32. The van der Waals surface area contributed by atoms with Crippen LogP contribution in [0.3, 0.4) is 0 Å². The number of guanidine groups is 2. The molecule has 1 aromatic carbocycles. The van der Waals surface area contributed by atoms with Crippen LogP contribution in [-0.4, -0.2) is 50.8 Å². The third kappa shape index (κ3) is 5.11. The Morgan fingerprint density at radius 3 is 2.56 bits per heavy atom. The van der Waals surface area contributed by atoms with Gasteiger partial charge in [-0.2, -0.15) is 4.99 Å². The lowest BCUT2D eigenvalue weighted by atomic mass is 9.85. The number of para-hydroxylation sites is 1. The van der Waals surface area contributed by atoms with Gasteiger partial charge in [0.05, 0.1) is 0 Å². The van der Waals surface area contributed by atoms with E-state index in [2.05, 4.69) is 38.3 Å². The zero-order chi connectivity index (χ0) is 22.7. The number of carbonyl (C=O) groups excluding carboxylic acids is 1. The van der Waals surface area contributed by atoms with Gasteiger partial charge in [0.15, 0.2) is 11.7 Å². The molecule has 0 amide bonds. The monoisotopic (exact) mass is 458 g/mol. The van der Waals surface area contributed by atoms with Gasteiger partial charge in [-0.3, -0.25) is 10.2 Å². The van der Waals surface area contributed by atoms with Crippen molar-refractivity contribution in [3.05, 3.63) is 53.7 Å². The first kappa shape index (κ1) is 24.9. The van der Waals surface area contributed by atoms with Crippen LogP contribution >= 0.6 is 12.4 Å². The van der Waals surface area contributed by atoms with E-state index >= 15 is 0 Å². The third-order valence-corrected chi connectivity index (χ3v) is 5.57. The minimum Gasteiger partial charge on any atom is -0.370 e. The van der Waals surface area contributed by atoms with Crippen LogP contribution in [0.2, 0.25) is 0 Å². The molecule has 2 aromatic heterocycles. The van der Waals surface area contributed by atoms with Crippen LogP contribution in [0.25, 0.3) is 10.9 Å². The fraction of sp³-hybridized carbons (Fsp3) is 0.364. The summed E-state index contributed by atoms with van der Waals surface area (Å²) >= 11 is 0. The number of aromatic nitrogens is 3. The Kier molecular flexibility index (Phi) is 8.04. The normalized spacial score (nSPS) is 14.6. The molecule has 0 fully saturated rings. The molecule has 3 aromatic rings. The molecule has 10 heteroatoms. The molecule has 0 spiro atoms. The maximum Gasteiger partial charge on any atom is 0.220 e. The van der Waals surface area contributed by atoms with Gasteiger partial charge in [0.25, 0.3) is 0 Å². The lowest BCUT2D eigenvalue weighted by Crippen LogP contribution is -2.28. The van der Waals surface area contributed by atoms with Crippen LogP contribution < -0.4 is 11.5 Å². The van der Waals surface area contributed by atoms with Gasteiger partial charge in [-0.15, -0.1) is 12.4 Å². The first-order valence-corrected chi connectivity index (χ1v) is 10.1. The average molecular weight is 459 g/mol. The topological polar surface area (TPSA) is 131 Å². The quantitative estimate of drug-likeness (QED) is 0.400. The molecule has 0 radical (unpaired) electrons. The number of Topliss-reactive ketones (excluding diaryl/α,β-unsaturated/α-hetero) is 1. The summed E-state index contributed by atoms with van der Waals surface area (Å²) in [6, 6.07) is 8.21. The largest absolute Gasteiger partial charge is 0.370 e. The molecule has 5 N–H and O–H groups in total. The minimum absolute atomic E-state index is 0. The highest BCUT2D eigenvalue weighted by atomic mass is 35.5. The minimum atomic E-state index is -0.0892. The molecule has 4 rings (SSSR count). The molecule has 1 aliphatic carbocycles. The number of aliphatic imine (C=N–C) groups is 1. The van der Waals surface area contributed by atoms with E-state index in [1.165, 1.54) is 10.6 Å². The van der Waals surface area contributed by atoms with Gasteiger partial charge in [-0.05, 0) is 25.8 Å². The van der Waals surface area contributed by atoms with Gasteiger partial charge in [0.1, 0.15) is 5.82 Å². The van der Waals surface area contributed by atoms with E-state index in [0.29, 0.717) is 0 Å². The summed E-state index contributed by atoms with van der Waals surface area (Å²) in [4.78, 5) is 22.2. The summed E-state index contributed by atoms with van der Waals surface area (Å²) in [5.74, 6) is 1.26. The number of ketones is 1. The Morgan fingerprint density at radius 1 is 1.31 bits per heavy atom. The molecule has 1 aliphatic rings. The van der Waals surface area contributed by atoms with Crippen molar-refractivity contribution in [2.75, 3.05) is 14.1 Å². The number of fused-ring (bicyclic) bond motifs is 3. The van der Waals surface area contributed by atoms with Crippen LogP contribution in [0.4, 0.5) is 0 Å². The van der Waals surface area contributed by atoms with Gasteiger partial charge in [0.2, 0.25) is 5.96 Å². The highest BCUT2D eigenvalue weighted by Crippen LogP contribution is 2.34. The summed E-state index contributed by atoms with van der Waals surface area (Å²) in [6.45, 7) is 2.71. The Morgan fingerprint density at radius 2 is 2.00 bits per heavy atom. The van der Waals surface area contributed by atoms with E-state index < -0.39 is 0 Å². The standard InChI is InChI=1S/C18H19N3O.C4H11N5.ClH/c1-12-19-9-10-21(12)11-13-7-8-16-17(18(13)22)14-5-3-4-6-15(14)20(16)2;1-9(2)4(7)8-3(5)6;/h3-6,9-10,13H,7-8,11H2,1-2H3;1-2H3,(H5,5,6,7,8);1H. The number of carbonyl (C=O) groups is 1. The van der Waals surface area contributed by atoms with E-state index in [4.69, 9.17) is 16.9 Å². The number of nitrogens with one attached hydrogen (secondary N) is 1. The van der Waals surface area contributed by atoms with Gasteiger partial charge in [-0.1, -0.05) is 18.2 Å². The lowest BCUT2D eigenvalue weighted by Gasteiger charge is -2.23. The summed E-state index contributed by atoms with van der Waals surface area (Å²) < 4.78 is 4.26. The van der Waals surface area contributed by atoms with Crippen molar-refractivity contribution < 1.29 is 4.79 Å². The van der Waals surface area contributed by atoms with Crippen molar-refractivity contribution in [2.24, 2.45) is 29.4 Å². The van der Waals surface area contributed by atoms with Crippen LogP contribution in [0, 0.1) is 18.3 Å². The first-order valence-electron chi connectivity index (χ1n) is 10.1. The van der Waals surface area contributed by atoms with Crippen molar-refractivity contribution in [1.29, 1.82) is 5.41 Å². The second kappa shape index (κ2) is 10.3. The Balaban J connectivity index is 0.000000313. The second-order valence-electron chi connectivity index (χ2n) is 7.88. The Hall–Kier alpha value is -3.33. The summed E-state index contributed by atoms with van der Waals surface area (Å²) in [5.41, 5.74) is 13.3.